The van der Waals surface area contributed by atoms with Crippen LogP contribution in [0.5, 0.6) is 0 Å². The third-order valence-corrected chi connectivity index (χ3v) is 14.3. The van der Waals surface area contributed by atoms with Crippen molar-refractivity contribution in [3.05, 3.63) is 232 Å². The van der Waals surface area contributed by atoms with Gasteiger partial charge in [-0.15, -0.1) is 0 Å². The molecule has 3 aliphatic heterocycles. The monoisotopic (exact) mass is 737 g/mol. The topological polar surface area (TPSA) is 80.6 Å². The van der Waals surface area contributed by atoms with Gasteiger partial charge in [-0.05, 0) is 103 Å². The Morgan fingerprint density at radius 2 is 0.586 bits per heavy atom. The molecule has 0 saturated carbocycles. The Balaban J connectivity index is 1.23. The molecule has 3 aliphatic carbocycles. The van der Waals surface area contributed by atoms with Gasteiger partial charge in [0, 0.05) is 72.5 Å². The molecule has 9 aromatic rings. The summed E-state index contributed by atoms with van der Waals surface area (Å²) in [5, 5.41) is 0. The van der Waals surface area contributed by atoms with Crippen LogP contribution in [0.3, 0.4) is 0 Å². The molecule has 58 heavy (non-hydrogen) atoms. The van der Waals surface area contributed by atoms with E-state index in [1.165, 1.54) is 83.8 Å². The molecule has 9 heterocycles. The van der Waals surface area contributed by atoms with Crippen LogP contribution in [0.25, 0.3) is 33.8 Å². The number of hydrogen-bond acceptors (Lipinski definition) is 7. The Morgan fingerprint density at radius 1 is 0.293 bits per heavy atom. The molecular formula is C51H27N7. The van der Waals surface area contributed by atoms with Crippen molar-refractivity contribution in [1.29, 1.82) is 0 Å². The first-order valence-electron chi connectivity index (χ1n) is 19.7. The average Bonchev–Trinajstić information content (AvgIpc) is 3.87. The van der Waals surface area contributed by atoms with Crippen molar-refractivity contribution in [2.45, 2.75) is 16.2 Å². The van der Waals surface area contributed by atoms with Crippen LogP contribution in [0.1, 0.15) is 66.8 Å². The molecule has 6 aliphatic rings. The van der Waals surface area contributed by atoms with Crippen molar-refractivity contribution < 1.29 is 0 Å². The molecule has 0 radical (unpaired) electrons. The quantitative estimate of drug-likeness (QED) is 0.153. The second-order valence-electron chi connectivity index (χ2n) is 16.2. The van der Waals surface area contributed by atoms with Crippen LogP contribution >= 0.6 is 0 Å². The maximum absolute atomic E-state index is 5.12. The summed E-state index contributed by atoms with van der Waals surface area (Å²) in [6, 6.07) is 40.9. The lowest BCUT2D eigenvalue weighted by Gasteiger charge is -2.57. The van der Waals surface area contributed by atoms with E-state index in [2.05, 4.69) is 114 Å². The van der Waals surface area contributed by atoms with E-state index in [0.29, 0.717) is 0 Å². The summed E-state index contributed by atoms with van der Waals surface area (Å²) in [6.45, 7) is 0. The summed E-state index contributed by atoms with van der Waals surface area (Å²) in [5.41, 5.74) is 22.1. The summed E-state index contributed by atoms with van der Waals surface area (Å²) < 4.78 is 0. The summed E-state index contributed by atoms with van der Waals surface area (Å²) in [5.74, 6) is 0. The smallest absolute Gasteiger partial charge is 0.0771 e. The number of rotatable bonds is 0. The molecular weight excluding hydrogens is 711 g/mol. The summed E-state index contributed by atoms with van der Waals surface area (Å²) in [7, 11) is 0. The number of benzene rings is 3. The van der Waals surface area contributed by atoms with Gasteiger partial charge in [0.15, 0.2) is 0 Å². The van der Waals surface area contributed by atoms with Crippen LogP contribution in [0, 0.1) is 0 Å². The molecule has 7 heteroatoms. The van der Waals surface area contributed by atoms with Crippen LogP contribution in [-0.2, 0) is 16.2 Å². The van der Waals surface area contributed by atoms with E-state index in [1.54, 1.807) is 0 Å². The fraction of sp³-hybridized carbons (Fsp3) is 0.0588. The number of nitrogens with zero attached hydrogens (tertiary/aromatic N) is 7. The molecule has 0 amide bonds. The normalized spacial score (nSPS) is 21.6. The average molecular weight is 738 g/mol. The van der Waals surface area contributed by atoms with E-state index < -0.39 is 16.2 Å². The molecule has 7 nitrogen and oxygen atoms in total. The standard InChI is InChI=1S/C51H27N7/c1-7-37-46-38(8-1)50(32-17-23-53-26-29(32)44-35(50)14-5-20-56-44)40-10-3-12-42-48(40)58(46)47-39(49(37)31-16-22-52-25-28(31)43-34(49)13-4-19-55-43)9-2-11-41(47)51(42)33-18-24-54-27-30(33)45-36(51)15-6-21-57-45/h1-27H. The molecule has 0 unspecified atom stereocenters. The first-order chi connectivity index (χ1) is 28.8. The Bertz CT molecular complexity index is 2840. The number of fused-ring (bicyclic) bond motifs is 21. The van der Waals surface area contributed by atoms with E-state index in [-0.39, 0.29) is 0 Å². The van der Waals surface area contributed by atoms with Gasteiger partial charge in [-0.1, -0.05) is 72.8 Å². The Labute approximate surface area is 332 Å². The van der Waals surface area contributed by atoms with Crippen LogP contribution in [-0.4, -0.2) is 29.9 Å². The lowest BCUT2D eigenvalue weighted by molar-refractivity contribution is 0.669. The van der Waals surface area contributed by atoms with Crippen molar-refractivity contribution in [1.82, 2.24) is 29.9 Å². The highest BCUT2D eigenvalue weighted by Gasteiger charge is 2.64. The first-order valence-corrected chi connectivity index (χ1v) is 19.7. The van der Waals surface area contributed by atoms with Crippen molar-refractivity contribution in [3.8, 4) is 33.8 Å². The summed E-state index contributed by atoms with van der Waals surface area (Å²) >= 11 is 0. The molecule has 3 spiro atoms. The lowest BCUT2D eigenvalue weighted by Crippen LogP contribution is -2.48. The summed E-state index contributed by atoms with van der Waals surface area (Å²) in [6.07, 6.45) is 17.6. The van der Waals surface area contributed by atoms with Crippen molar-refractivity contribution in [3.63, 3.8) is 0 Å². The zero-order valence-corrected chi connectivity index (χ0v) is 30.7. The third-order valence-electron chi connectivity index (χ3n) is 14.3. The van der Waals surface area contributed by atoms with E-state index in [9.17, 15) is 0 Å². The van der Waals surface area contributed by atoms with Gasteiger partial charge in [0.05, 0.1) is 50.4 Å². The number of hydrogen-bond donors (Lipinski definition) is 0. The van der Waals surface area contributed by atoms with Crippen LogP contribution in [0.4, 0.5) is 17.1 Å². The second-order valence-corrected chi connectivity index (χ2v) is 16.2. The van der Waals surface area contributed by atoms with Crippen molar-refractivity contribution in [2.24, 2.45) is 0 Å². The predicted molar refractivity (Wildman–Crippen MR) is 220 cm³/mol. The van der Waals surface area contributed by atoms with E-state index in [0.717, 1.165) is 33.8 Å². The van der Waals surface area contributed by atoms with Crippen LogP contribution in [0.15, 0.2) is 165 Å². The molecule has 15 rings (SSSR count). The van der Waals surface area contributed by atoms with Crippen LogP contribution in [0.2, 0.25) is 0 Å². The molecule has 0 fully saturated rings. The molecule has 3 aromatic carbocycles. The highest BCUT2D eigenvalue weighted by Crippen LogP contribution is 2.75. The number of para-hydroxylation sites is 3. The van der Waals surface area contributed by atoms with Gasteiger partial charge in [-0.2, -0.15) is 0 Å². The van der Waals surface area contributed by atoms with Crippen molar-refractivity contribution >= 4 is 17.1 Å². The van der Waals surface area contributed by atoms with Gasteiger partial charge in [0.25, 0.3) is 0 Å². The van der Waals surface area contributed by atoms with E-state index in [1.807, 2.05) is 55.8 Å². The van der Waals surface area contributed by atoms with E-state index in [4.69, 9.17) is 29.9 Å². The van der Waals surface area contributed by atoms with Gasteiger partial charge in [-0.3, -0.25) is 29.9 Å². The minimum Gasteiger partial charge on any atom is -0.308 e. The summed E-state index contributed by atoms with van der Waals surface area (Å²) in [4.78, 5) is 32.1. The second kappa shape index (κ2) is 9.65. The molecule has 266 valence electrons. The highest BCUT2D eigenvalue weighted by atomic mass is 15.2. The first kappa shape index (κ1) is 29.6. The van der Waals surface area contributed by atoms with Gasteiger partial charge in [0.2, 0.25) is 0 Å². The highest BCUT2D eigenvalue weighted by molar-refractivity contribution is 6.07. The fourth-order valence-electron chi connectivity index (χ4n) is 12.6. The maximum atomic E-state index is 5.12. The Hall–Kier alpha value is -7.64. The molecule has 0 atom stereocenters. The van der Waals surface area contributed by atoms with Crippen LogP contribution < -0.4 is 4.90 Å². The zero-order chi connectivity index (χ0) is 37.5. The predicted octanol–water partition coefficient (Wildman–Crippen LogP) is 9.56. The minimum absolute atomic E-state index is 0.698. The molecule has 0 bridgehead atoms. The van der Waals surface area contributed by atoms with Gasteiger partial charge >= 0.3 is 0 Å². The maximum Gasteiger partial charge on any atom is 0.0771 e. The van der Waals surface area contributed by atoms with Crippen molar-refractivity contribution in [2.75, 3.05) is 4.90 Å². The van der Waals surface area contributed by atoms with Gasteiger partial charge < -0.3 is 4.90 Å². The number of aromatic nitrogens is 6. The Kier molecular flexibility index (Phi) is 4.93. The molecule has 6 aromatic heterocycles. The van der Waals surface area contributed by atoms with E-state index >= 15 is 0 Å². The minimum atomic E-state index is -0.698. The lowest BCUT2D eigenvalue weighted by atomic mass is 9.54. The van der Waals surface area contributed by atoms with Gasteiger partial charge in [-0.25, -0.2) is 0 Å². The SMILES string of the molecule is c1cnc2c(c1)C1(c3ccncc3-2)c2cccc3c2N2c4c1cccc4C1(c4ccncc4-c4ncccc41)c1cccc(c12)C31c2ccncc2-c2ncccc21. The zero-order valence-electron chi connectivity index (χ0n) is 30.7. The molecule has 0 saturated heterocycles. The fourth-order valence-corrected chi connectivity index (χ4v) is 12.6. The largest absolute Gasteiger partial charge is 0.308 e. The van der Waals surface area contributed by atoms with Gasteiger partial charge in [0.1, 0.15) is 0 Å². The number of anilines is 3. The molecule has 0 N–H and O–H groups in total. The number of pyridine rings is 6. The Morgan fingerprint density at radius 3 is 0.897 bits per heavy atom. The third kappa shape index (κ3) is 2.81.